The van der Waals surface area contributed by atoms with Crippen LogP contribution in [0.2, 0.25) is 0 Å². The molecular formula is C11H12BrN3O. The predicted octanol–water partition coefficient (Wildman–Crippen LogP) is 2.59. The van der Waals surface area contributed by atoms with Crippen molar-refractivity contribution < 1.29 is 4.79 Å². The van der Waals surface area contributed by atoms with Gasteiger partial charge in [-0.1, -0.05) is 6.92 Å². The Bertz CT molecular complexity index is 441. The van der Waals surface area contributed by atoms with Crippen LogP contribution in [0.3, 0.4) is 0 Å². The number of amides is 1. The van der Waals surface area contributed by atoms with Gasteiger partial charge in [0.15, 0.2) is 5.82 Å². The van der Waals surface area contributed by atoms with Crippen molar-refractivity contribution in [3.8, 4) is 0 Å². The molecule has 5 heteroatoms. The third-order valence-electron chi connectivity index (χ3n) is 2.60. The van der Waals surface area contributed by atoms with Gasteiger partial charge in [-0.25, -0.2) is 4.98 Å². The van der Waals surface area contributed by atoms with Gasteiger partial charge in [0.1, 0.15) is 0 Å². The quantitative estimate of drug-likeness (QED) is 0.837. The summed E-state index contributed by atoms with van der Waals surface area (Å²) < 4.78 is 0.885. The topological polar surface area (TPSA) is 45.6 Å². The molecule has 0 radical (unpaired) electrons. The fourth-order valence-corrected chi connectivity index (χ4v) is 1.86. The van der Waals surface area contributed by atoms with Crippen molar-refractivity contribution in [3.05, 3.63) is 22.8 Å². The van der Waals surface area contributed by atoms with Crippen LogP contribution in [0, 0.1) is 5.92 Å². The number of nitrogens with zero attached hydrogens (tertiary/aromatic N) is 3. The first kappa shape index (κ1) is 11.3. The van der Waals surface area contributed by atoms with Crippen LogP contribution in [0.25, 0.3) is 0 Å². The molecule has 0 N–H and O–H groups in total. The molecule has 0 saturated heterocycles. The largest absolute Gasteiger partial charge is 0.272 e. The molecule has 4 nitrogen and oxygen atoms in total. The molecule has 0 saturated carbocycles. The van der Waals surface area contributed by atoms with Crippen molar-refractivity contribution >= 4 is 33.4 Å². The Balaban J connectivity index is 2.32. The van der Waals surface area contributed by atoms with Crippen LogP contribution in [0.15, 0.2) is 27.9 Å². The molecular weight excluding hydrogens is 270 g/mol. The number of rotatable bonds is 2. The molecule has 1 amide bonds. The van der Waals surface area contributed by atoms with Gasteiger partial charge in [-0.05, 0) is 41.4 Å². The van der Waals surface area contributed by atoms with E-state index in [2.05, 4.69) is 26.0 Å². The fourth-order valence-electron chi connectivity index (χ4n) is 1.62. The van der Waals surface area contributed by atoms with E-state index in [4.69, 9.17) is 0 Å². The van der Waals surface area contributed by atoms with Gasteiger partial charge in [0.25, 0.3) is 5.91 Å². The van der Waals surface area contributed by atoms with Crippen LogP contribution in [-0.2, 0) is 4.79 Å². The maximum atomic E-state index is 11.9. The second-order valence-electron chi connectivity index (χ2n) is 3.65. The summed E-state index contributed by atoms with van der Waals surface area (Å²) in [6.07, 6.45) is 2.45. The molecule has 0 bridgehead atoms. The maximum Gasteiger partial charge on any atom is 0.257 e. The Labute approximate surface area is 102 Å². The number of carbonyl (C=O) groups is 1. The summed E-state index contributed by atoms with van der Waals surface area (Å²) >= 11 is 3.30. The minimum absolute atomic E-state index is 0.00771. The summed E-state index contributed by atoms with van der Waals surface area (Å²) in [6, 6.07) is 3.62. The lowest BCUT2D eigenvalue weighted by Gasteiger charge is -2.11. The molecule has 2 rings (SSSR count). The fraction of sp³-hybridized carbons (Fsp3) is 0.364. The average molecular weight is 282 g/mol. The average Bonchev–Trinajstić information content (AvgIpc) is 2.57. The summed E-state index contributed by atoms with van der Waals surface area (Å²) in [4.78, 5) is 16.1. The molecule has 0 aliphatic carbocycles. The molecule has 1 aliphatic rings. The molecule has 0 fully saturated rings. The number of hydrazone groups is 1. The number of pyridine rings is 1. The van der Waals surface area contributed by atoms with Crippen molar-refractivity contribution in [2.45, 2.75) is 20.3 Å². The number of aromatic nitrogens is 1. The van der Waals surface area contributed by atoms with Crippen molar-refractivity contribution in [1.82, 2.24) is 4.98 Å². The van der Waals surface area contributed by atoms with E-state index in [-0.39, 0.29) is 11.8 Å². The van der Waals surface area contributed by atoms with Crippen LogP contribution in [0.4, 0.5) is 5.82 Å². The minimum atomic E-state index is -0.129. The smallest absolute Gasteiger partial charge is 0.257 e. The van der Waals surface area contributed by atoms with E-state index >= 15 is 0 Å². The van der Waals surface area contributed by atoms with Gasteiger partial charge >= 0.3 is 0 Å². The third kappa shape index (κ3) is 1.87. The predicted molar refractivity (Wildman–Crippen MR) is 66.3 cm³/mol. The van der Waals surface area contributed by atoms with Gasteiger partial charge < -0.3 is 0 Å². The van der Waals surface area contributed by atoms with E-state index in [0.29, 0.717) is 5.82 Å². The lowest BCUT2D eigenvalue weighted by molar-refractivity contribution is -0.119. The van der Waals surface area contributed by atoms with E-state index in [0.717, 1.165) is 16.6 Å². The van der Waals surface area contributed by atoms with Gasteiger partial charge in [-0.2, -0.15) is 10.1 Å². The number of halogens is 1. The Morgan fingerprint density at radius 2 is 2.25 bits per heavy atom. The lowest BCUT2D eigenvalue weighted by Crippen LogP contribution is -2.26. The van der Waals surface area contributed by atoms with Crippen LogP contribution in [-0.4, -0.2) is 16.6 Å². The molecule has 2 heterocycles. The monoisotopic (exact) mass is 281 g/mol. The molecule has 1 aliphatic heterocycles. The minimum Gasteiger partial charge on any atom is -0.272 e. The Kier molecular flexibility index (Phi) is 3.05. The van der Waals surface area contributed by atoms with Gasteiger partial charge in [-0.15, -0.1) is 0 Å². The number of hydrogen-bond acceptors (Lipinski definition) is 3. The Hall–Kier alpha value is -1.23. The molecule has 0 aromatic carbocycles. The van der Waals surface area contributed by atoms with E-state index in [9.17, 15) is 4.79 Å². The second kappa shape index (κ2) is 4.33. The SMILES string of the molecule is CCC1=NN(c2ccc(Br)cn2)C(=O)C1C. The Morgan fingerprint density at radius 1 is 1.50 bits per heavy atom. The molecule has 0 spiro atoms. The molecule has 84 valence electrons. The van der Waals surface area contributed by atoms with Crippen molar-refractivity contribution in [2.75, 3.05) is 5.01 Å². The third-order valence-corrected chi connectivity index (χ3v) is 3.07. The molecule has 1 aromatic rings. The molecule has 1 unspecified atom stereocenters. The van der Waals surface area contributed by atoms with Gasteiger partial charge in [0.05, 0.1) is 11.6 Å². The number of carbonyl (C=O) groups excluding carboxylic acids is 1. The van der Waals surface area contributed by atoms with Gasteiger partial charge in [0, 0.05) is 10.7 Å². The van der Waals surface area contributed by atoms with Crippen LogP contribution >= 0.6 is 15.9 Å². The standard InChI is InChI=1S/C11H12BrN3O/c1-3-9-7(2)11(16)15(14-9)10-5-4-8(12)6-13-10/h4-7H,3H2,1-2H3. The summed E-state index contributed by atoms with van der Waals surface area (Å²) in [5, 5.41) is 5.68. The number of hydrogen-bond donors (Lipinski definition) is 0. The summed E-state index contributed by atoms with van der Waals surface area (Å²) in [6.45, 7) is 3.88. The molecule has 1 atom stereocenters. The first-order valence-corrected chi connectivity index (χ1v) is 5.95. The Morgan fingerprint density at radius 3 is 2.75 bits per heavy atom. The number of anilines is 1. The lowest BCUT2D eigenvalue weighted by atomic mass is 10.0. The molecule has 1 aromatic heterocycles. The zero-order chi connectivity index (χ0) is 11.7. The summed E-state index contributed by atoms with van der Waals surface area (Å²) in [7, 11) is 0. The van der Waals surface area contributed by atoms with Crippen LogP contribution < -0.4 is 5.01 Å². The van der Waals surface area contributed by atoms with Crippen molar-refractivity contribution in [3.63, 3.8) is 0 Å². The first-order valence-electron chi connectivity index (χ1n) is 5.16. The zero-order valence-corrected chi connectivity index (χ0v) is 10.7. The van der Waals surface area contributed by atoms with E-state index in [1.165, 1.54) is 5.01 Å². The van der Waals surface area contributed by atoms with E-state index in [1.54, 1.807) is 12.3 Å². The summed E-state index contributed by atoms with van der Waals surface area (Å²) in [5.74, 6) is 0.436. The van der Waals surface area contributed by atoms with Gasteiger partial charge in [-0.3, -0.25) is 4.79 Å². The van der Waals surface area contributed by atoms with Gasteiger partial charge in [0.2, 0.25) is 0 Å². The summed E-state index contributed by atoms with van der Waals surface area (Å²) in [5.41, 5.74) is 0.912. The highest BCUT2D eigenvalue weighted by molar-refractivity contribution is 9.10. The maximum absolute atomic E-state index is 11.9. The van der Waals surface area contributed by atoms with Crippen LogP contribution in [0.5, 0.6) is 0 Å². The van der Waals surface area contributed by atoms with Crippen molar-refractivity contribution in [2.24, 2.45) is 11.0 Å². The zero-order valence-electron chi connectivity index (χ0n) is 9.14. The highest BCUT2D eigenvalue weighted by atomic mass is 79.9. The molecule has 16 heavy (non-hydrogen) atoms. The van der Waals surface area contributed by atoms with E-state index < -0.39 is 0 Å². The highest BCUT2D eigenvalue weighted by Gasteiger charge is 2.32. The van der Waals surface area contributed by atoms with Crippen molar-refractivity contribution in [1.29, 1.82) is 0 Å². The normalized spacial score (nSPS) is 20.2. The second-order valence-corrected chi connectivity index (χ2v) is 4.57. The highest BCUT2D eigenvalue weighted by Crippen LogP contribution is 2.23. The van der Waals surface area contributed by atoms with Crippen LogP contribution in [0.1, 0.15) is 20.3 Å². The first-order chi connectivity index (χ1) is 7.63. The van der Waals surface area contributed by atoms with E-state index in [1.807, 2.05) is 19.9 Å².